The van der Waals surface area contributed by atoms with Crippen molar-refractivity contribution in [3.05, 3.63) is 17.0 Å². The van der Waals surface area contributed by atoms with Gasteiger partial charge in [-0.3, -0.25) is 9.59 Å². The number of nitrogens with one attached hydrogen (secondary N) is 1. The van der Waals surface area contributed by atoms with Crippen LogP contribution in [0.5, 0.6) is 0 Å². The molecule has 1 aromatic heterocycles. The molecule has 1 rings (SSSR count). The predicted molar refractivity (Wildman–Crippen MR) is 79.6 cm³/mol. The molecular formula is C14H19NO5S. The van der Waals surface area contributed by atoms with Gasteiger partial charge in [-0.15, -0.1) is 11.3 Å². The number of carboxylic acid groups (broad SMARTS) is 1. The van der Waals surface area contributed by atoms with Crippen molar-refractivity contribution in [3.63, 3.8) is 0 Å². The molecule has 6 nitrogen and oxygen atoms in total. The summed E-state index contributed by atoms with van der Waals surface area (Å²) in [7, 11) is 0. The number of carbonyl (C=O) groups excluding carboxylic acids is 2. The Labute approximate surface area is 127 Å². The summed E-state index contributed by atoms with van der Waals surface area (Å²) in [6.45, 7) is 5.38. The maximum Gasteiger partial charge on any atom is 0.341 e. The van der Waals surface area contributed by atoms with Crippen LogP contribution < -0.4 is 5.32 Å². The largest absolute Gasteiger partial charge is 0.481 e. The zero-order chi connectivity index (χ0) is 16.0. The van der Waals surface area contributed by atoms with Gasteiger partial charge in [0.05, 0.1) is 18.6 Å². The van der Waals surface area contributed by atoms with Crippen molar-refractivity contribution in [2.75, 3.05) is 11.9 Å². The van der Waals surface area contributed by atoms with Gasteiger partial charge in [0.1, 0.15) is 5.00 Å². The first-order valence-corrected chi connectivity index (χ1v) is 7.39. The average Bonchev–Trinajstić information content (AvgIpc) is 2.74. The van der Waals surface area contributed by atoms with Crippen molar-refractivity contribution >= 4 is 34.2 Å². The average molecular weight is 313 g/mol. The highest BCUT2D eigenvalue weighted by atomic mass is 32.1. The number of amides is 1. The Kier molecular flexibility index (Phi) is 5.90. The van der Waals surface area contributed by atoms with E-state index >= 15 is 0 Å². The third-order valence-electron chi connectivity index (χ3n) is 2.68. The number of aliphatic carboxylic acids is 1. The molecule has 7 heteroatoms. The highest BCUT2D eigenvalue weighted by Crippen LogP contribution is 2.28. The fraction of sp³-hybridized carbons (Fsp3) is 0.500. The molecule has 2 N–H and O–H groups in total. The number of thiophene rings is 1. The molecule has 0 aliphatic rings. The molecule has 0 radical (unpaired) electrons. The van der Waals surface area contributed by atoms with Gasteiger partial charge in [-0.1, -0.05) is 13.8 Å². The van der Waals surface area contributed by atoms with Gasteiger partial charge in [-0.05, 0) is 23.8 Å². The summed E-state index contributed by atoms with van der Waals surface area (Å²) in [5.41, 5.74) is -0.344. The number of carbonyl (C=O) groups is 3. The lowest BCUT2D eigenvalue weighted by atomic mass is 9.85. The van der Waals surface area contributed by atoms with Crippen LogP contribution in [0.3, 0.4) is 0 Å². The van der Waals surface area contributed by atoms with Crippen molar-refractivity contribution in [3.8, 4) is 0 Å². The fourth-order valence-corrected chi connectivity index (χ4v) is 2.64. The number of carboxylic acids is 1. The van der Waals surface area contributed by atoms with Crippen LogP contribution in [0, 0.1) is 5.41 Å². The standard InChI is InChI=1S/C14H19NO5S/c1-4-20-13(19)9-5-6-21-12(9)15-10(16)7-14(2,3)8-11(17)18/h5-6H,4,7-8H2,1-3H3,(H,15,16)(H,17,18). The summed E-state index contributed by atoms with van der Waals surface area (Å²) in [6.07, 6.45) is -0.0466. The lowest BCUT2D eigenvalue weighted by molar-refractivity contribution is -0.139. The van der Waals surface area contributed by atoms with Gasteiger partial charge in [-0.2, -0.15) is 0 Å². The number of hydrogen-bond donors (Lipinski definition) is 2. The van der Waals surface area contributed by atoms with Gasteiger partial charge in [0.15, 0.2) is 0 Å². The van der Waals surface area contributed by atoms with Gasteiger partial charge in [0.25, 0.3) is 0 Å². The molecule has 1 heterocycles. The molecule has 0 aromatic carbocycles. The van der Waals surface area contributed by atoms with Gasteiger partial charge >= 0.3 is 11.9 Å². The Morgan fingerprint density at radius 2 is 2.00 bits per heavy atom. The van der Waals surface area contributed by atoms with E-state index in [4.69, 9.17) is 9.84 Å². The second-order valence-corrected chi connectivity index (χ2v) is 6.26. The summed E-state index contributed by atoms with van der Waals surface area (Å²) in [4.78, 5) is 34.4. The molecule has 1 aromatic rings. The van der Waals surface area contributed by atoms with Crippen LogP contribution in [0.4, 0.5) is 5.00 Å². The fourth-order valence-electron chi connectivity index (χ4n) is 1.85. The van der Waals surface area contributed by atoms with Crippen LogP contribution in [-0.4, -0.2) is 29.6 Å². The highest BCUT2D eigenvalue weighted by Gasteiger charge is 2.26. The SMILES string of the molecule is CCOC(=O)c1ccsc1NC(=O)CC(C)(C)CC(=O)O. The van der Waals surface area contributed by atoms with E-state index in [0.717, 1.165) is 0 Å². The lowest BCUT2D eigenvalue weighted by Crippen LogP contribution is -2.25. The molecule has 0 bridgehead atoms. The summed E-state index contributed by atoms with van der Waals surface area (Å²) < 4.78 is 4.90. The highest BCUT2D eigenvalue weighted by molar-refractivity contribution is 7.14. The Bertz CT molecular complexity index is 535. The van der Waals surface area contributed by atoms with E-state index in [1.54, 1.807) is 32.2 Å². The minimum Gasteiger partial charge on any atom is -0.481 e. The Morgan fingerprint density at radius 1 is 1.33 bits per heavy atom. The first-order chi connectivity index (χ1) is 9.75. The van der Waals surface area contributed by atoms with Crippen LogP contribution in [-0.2, 0) is 14.3 Å². The van der Waals surface area contributed by atoms with Crippen molar-refractivity contribution in [2.45, 2.75) is 33.6 Å². The molecule has 0 spiro atoms. The van der Waals surface area contributed by atoms with Gasteiger partial charge in [-0.25, -0.2) is 4.79 Å². The van der Waals surface area contributed by atoms with Crippen LogP contribution in [0.25, 0.3) is 0 Å². The molecule has 0 unspecified atom stereocenters. The van der Waals surface area contributed by atoms with Crippen LogP contribution >= 0.6 is 11.3 Å². The van der Waals surface area contributed by atoms with Crippen molar-refractivity contribution < 1.29 is 24.2 Å². The van der Waals surface area contributed by atoms with Crippen molar-refractivity contribution in [2.24, 2.45) is 5.41 Å². The molecule has 21 heavy (non-hydrogen) atoms. The quantitative estimate of drug-likeness (QED) is 0.755. The van der Waals surface area contributed by atoms with E-state index in [9.17, 15) is 14.4 Å². The molecule has 116 valence electrons. The third-order valence-corrected chi connectivity index (χ3v) is 3.51. The predicted octanol–water partition coefficient (Wildman–Crippen LogP) is 2.75. The van der Waals surface area contributed by atoms with Crippen molar-refractivity contribution in [1.29, 1.82) is 0 Å². The second-order valence-electron chi connectivity index (χ2n) is 5.34. The Hall–Kier alpha value is -1.89. The number of ether oxygens (including phenoxy) is 1. The van der Waals surface area contributed by atoms with Gasteiger partial charge < -0.3 is 15.2 Å². The minimum absolute atomic E-state index is 0.0550. The number of rotatable bonds is 7. The minimum atomic E-state index is -0.948. The number of esters is 1. The second kappa shape index (κ2) is 7.21. The zero-order valence-corrected chi connectivity index (χ0v) is 13.1. The molecule has 0 aliphatic carbocycles. The van der Waals surface area contributed by atoms with E-state index in [1.165, 1.54) is 11.3 Å². The molecule has 0 atom stereocenters. The van der Waals surface area contributed by atoms with Crippen molar-refractivity contribution in [1.82, 2.24) is 0 Å². The lowest BCUT2D eigenvalue weighted by Gasteiger charge is -2.21. The van der Waals surface area contributed by atoms with E-state index in [2.05, 4.69) is 5.32 Å². The number of anilines is 1. The molecule has 0 saturated heterocycles. The van der Waals surface area contributed by atoms with E-state index < -0.39 is 17.4 Å². The summed E-state index contributed by atoms with van der Waals surface area (Å²) in [5.74, 6) is -1.76. The first-order valence-electron chi connectivity index (χ1n) is 6.51. The summed E-state index contributed by atoms with van der Waals surface area (Å²) in [5, 5.41) is 13.6. The first kappa shape index (κ1) is 17.2. The van der Waals surface area contributed by atoms with E-state index in [-0.39, 0.29) is 25.4 Å². The molecule has 0 saturated carbocycles. The molecule has 0 aliphatic heterocycles. The maximum atomic E-state index is 12.0. The summed E-state index contributed by atoms with van der Waals surface area (Å²) in [6, 6.07) is 1.58. The van der Waals surface area contributed by atoms with Crippen LogP contribution in [0.15, 0.2) is 11.4 Å². The topological polar surface area (TPSA) is 92.7 Å². The van der Waals surface area contributed by atoms with Gasteiger partial charge in [0.2, 0.25) is 5.91 Å². The maximum absolute atomic E-state index is 12.0. The smallest absolute Gasteiger partial charge is 0.341 e. The van der Waals surface area contributed by atoms with E-state index in [0.29, 0.717) is 10.6 Å². The van der Waals surface area contributed by atoms with Crippen LogP contribution in [0.2, 0.25) is 0 Å². The van der Waals surface area contributed by atoms with E-state index in [1.807, 2.05) is 0 Å². The zero-order valence-electron chi connectivity index (χ0n) is 12.3. The van der Waals surface area contributed by atoms with Gasteiger partial charge in [0, 0.05) is 6.42 Å². The monoisotopic (exact) mass is 313 g/mol. The molecular weight excluding hydrogens is 294 g/mol. The third kappa shape index (κ3) is 5.55. The molecule has 1 amide bonds. The number of hydrogen-bond acceptors (Lipinski definition) is 5. The summed E-state index contributed by atoms with van der Waals surface area (Å²) >= 11 is 1.22. The van der Waals surface area contributed by atoms with Crippen LogP contribution in [0.1, 0.15) is 44.0 Å². The molecule has 0 fully saturated rings. The normalized spacial score (nSPS) is 11.0. The Morgan fingerprint density at radius 3 is 2.57 bits per heavy atom. The Balaban J connectivity index is 2.70.